The number of para-hydroxylation sites is 2. The highest BCUT2D eigenvalue weighted by molar-refractivity contribution is 7.92. The van der Waals surface area contributed by atoms with Crippen LogP contribution < -0.4 is 14.8 Å². The number of carbonyl (C=O) groups excluding carboxylic acids is 1. The number of rotatable bonds is 8. The van der Waals surface area contributed by atoms with Crippen LogP contribution in [0, 0.1) is 13.8 Å². The molecule has 4 rings (SSSR count). The van der Waals surface area contributed by atoms with Crippen LogP contribution in [0.3, 0.4) is 0 Å². The number of benzene rings is 4. The molecule has 4 aromatic rings. The molecule has 0 aliphatic carbocycles. The third-order valence-electron chi connectivity index (χ3n) is 5.50. The molecule has 0 spiro atoms. The van der Waals surface area contributed by atoms with E-state index in [4.69, 9.17) is 4.74 Å². The lowest BCUT2D eigenvalue weighted by Crippen LogP contribution is -2.15. The maximum absolute atomic E-state index is 12.8. The van der Waals surface area contributed by atoms with E-state index in [1.54, 1.807) is 24.3 Å². The van der Waals surface area contributed by atoms with E-state index in [2.05, 4.69) is 10.0 Å². The summed E-state index contributed by atoms with van der Waals surface area (Å²) in [5, 5.41) is 2.80. The maximum atomic E-state index is 12.8. The van der Waals surface area contributed by atoms with Crippen molar-refractivity contribution in [3.8, 4) is 5.75 Å². The highest BCUT2D eigenvalue weighted by Gasteiger charge is 2.17. The standard InChI is InChI=1S/C28H26N2O4S/c1-20-7-6-8-21(2)27(20)30-35(32,33)26-17-15-24(16-18-26)29-28(31)23-13-11-22(12-14-23)19-34-25-9-4-3-5-10-25/h3-18,30H,19H2,1-2H3,(H,29,31). The Balaban J connectivity index is 1.38. The van der Waals surface area contributed by atoms with Gasteiger partial charge in [-0.1, -0.05) is 48.5 Å². The zero-order valence-corrected chi connectivity index (χ0v) is 20.3. The third-order valence-corrected chi connectivity index (χ3v) is 6.87. The van der Waals surface area contributed by atoms with Gasteiger partial charge in [0.05, 0.1) is 10.6 Å². The number of carbonyl (C=O) groups is 1. The van der Waals surface area contributed by atoms with Crippen LogP contribution in [-0.2, 0) is 16.6 Å². The fourth-order valence-corrected chi connectivity index (χ4v) is 4.73. The SMILES string of the molecule is Cc1cccc(C)c1NS(=O)(=O)c1ccc(NC(=O)c2ccc(COc3ccccc3)cc2)cc1. The molecule has 0 bridgehead atoms. The Morgan fingerprint density at radius 3 is 2.03 bits per heavy atom. The van der Waals surface area contributed by atoms with Crippen LogP contribution in [0.25, 0.3) is 0 Å². The minimum atomic E-state index is -3.76. The second-order valence-electron chi connectivity index (χ2n) is 8.15. The number of hydrogen-bond donors (Lipinski definition) is 2. The maximum Gasteiger partial charge on any atom is 0.261 e. The van der Waals surface area contributed by atoms with Crippen molar-refractivity contribution in [1.29, 1.82) is 0 Å². The average molecular weight is 487 g/mol. The van der Waals surface area contributed by atoms with Gasteiger partial charge in [-0.3, -0.25) is 9.52 Å². The first-order chi connectivity index (χ1) is 16.8. The fourth-order valence-electron chi connectivity index (χ4n) is 3.53. The van der Waals surface area contributed by atoms with Crippen molar-refractivity contribution in [3.63, 3.8) is 0 Å². The fraction of sp³-hybridized carbons (Fsp3) is 0.107. The summed E-state index contributed by atoms with van der Waals surface area (Å²) >= 11 is 0. The van der Waals surface area contributed by atoms with E-state index in [0.29, 0.717) is 23.5 Å². The molecule has 0 saturated carbocycles. The van der Waals surface area contributed by atoms with Gasteiger partial charge in [0, 0.05) is 11.3 Å². The molecule has 6 nitrogen and oxygen atoms in total. The Kier molecular flexibility index (Phi) is 7.17. The monoisotopic (exact) mass is 486 g/mol. The summed E-state index contributed by atoms with van der Waals surface area (Å²) in [6.07, 6.45) is 0. The minimum Gasteiger partial charge on any atom is -0.489 e. The first-order valence-electron chi connectivity index (χ1n) is 11.1. The smallest absolute Gasteiger partial charge is 0.261 e. The van der Waals surface area contributed by atoms with Gasteiger partial charge in [-0.15, -0.1) is 0 Å². The van der Waals surface area contributed by atoms with Gasteiger partial charge in [-0.05, 0) is 79.1 Å². The van der Waals surface area contributed by atoms with Crippen LogP contribution in [0.5, 0.6) is 5.75 Å². The number of sulfonamides is 1. The van der Waals surface area contributed by atoms with Crippen LogP contribution in [0.4, 0.5) is 11.4 Å². The van der Waals surface area contributed by atoms with Gasteiger partial charge >= 0.3 is 0 Å². The molecule has 0 aliphatic rings. The Labute approximate surface area is 205 Å². The van der Waals surface area contributed by atoms with Crippen LogP contribution in [0.1, 0.15) is 27.0 Å². The van der Waals surface area contributed by atoms with Crippen LogP contribution in [0.2, 0.25) is 0 Å². The zero-order valence-electron chi connectivity index (χ0n) is 19.5. The molecule has 0 heterocycles. The van der Waals surface area contributed by atoms with E-state index in [0.717, 1.165) is 22.4 Å². The molecule has 0 fully saturated rings. The largest absolute Gasteiger partial charge is 0.489 e. The molecule has 0 saturated heterocycles. The molecular weight excluding hydrogens is 460 g/mol. The molecular formula is C28H26N2O4S. The van der Waals surface area contributed by atoms with Gasteiger partial charge in [0.1, 0.15) is 12.4 Å². The Morgan fingerprint density at radius 1 is 0.771 bits per heavy atom. The van der Waals surface area contributed by atoms with Crippen molar-refractivity contribution in [1.82, 2.24) is 0 Å². The quantitative estimate of drug-likeness (QED) is 0.323. The predicted molar refractivity (Wildman–Crippen MR) is 138 cm³/mol. The van der Waals surface area contributed by atoms with Crippen molar-refractivity contribution in [3.05, 3.63) is 119 Å². The summed E-state index contributed by atoms with van der Waals surface area (Å²) in [5.74, 6) is 0.494. The summed E-state index contributed by atoms with van der Waals surface area (Å²) in [5.41, 5.74) is 4.18. The Hall–Kier alpha value is -4.10. The number of amides is 1. The molecule has 35 heavy (non-hydrogen) atoms. The van der Waals surface area contributed by atoms with E-state index in [1.807, 2.05) is 74.5 Å². The van der Waals surface area contributed by atoms with Gasteiger partial charge in [0.15, 0.2) is 0 Å². The average Bonchev–Trinajstić information content (AvgIpc) is 2.86. The third kappa shape index (κ3) is 6.07. The molecule has 1 amide bonds. The highest BCUT2D eigenvalue weighted by atomic mass is 32.2. The predicted octanol–water partition coefficient (Wildman–Crippen LogP) is 5.94. The van der Waals surface area contributed by atoms with Gasteiger partial charge < -0.3 is 10.1 Å². The van der Waals surface area contributed by atoms with Crippen molar-refractivity contribution in [2.75, 3.05) is 10.0 Å². The Morgan fingerprint density at radius 2 is 1.40 bits per heavy atom. The molecule has 2 N–H and O–H groups in total. The molecule has 0 radical (unpaired) electrons. The van der Waals surface area contributed by atoms with E-state index >= 15 is 0 Å². The van der Waals surface area contributed by atoms with Crippen molar-refractivity contribution in [2.45, 2.75) is 25.3 Å². The van der Waals surface area contributed by atoms with Crippen LogP contribution >= 0.6 is 0 Å². The summed E-state index contributed by atoms with van der Waals surface area (Å²) in [4.78, 5) is 12.7. The topological polar surface area (TPSA) is 84.5 Å². The van der Waals surface area contributed by atoms with Crippen molar-refractivity contribution >= 4 is 27.3 Å². The zero-order chi connectivity index (χ0) is 24.8. The normalized spacial score (nSPS) is 11.0. The summed E-state index contributed by atoms with van der Waals surface area (Å²) < 4.78 is 34.0. The number of nitrogens with one attached hydrogen (secondary N) is 2. The lowest BCUT2D eigenvalue weighted by atomic mass is 10.1. The van der Waals surface area contributed by atoms with Gasteiger partial charge in [0.25, 0.3) is 15.9 Å². The van der Waals surface area contributed by atoms with Gasteiger partial charge in [-0.2, -0.15) is 0 Å². The molecule has 4 aromatic carbocycles. The molecule has 178 valence electrons. The number of aryl methyl sites for hydroxylation is 2. The first-order valence-corrected chi connectivity index (χ1v) is 12.6. The Bertz CT molecular complexity index is 1400. The van der Waals surface area contributed by atoms with E-state index < -0.39 is 10.0 Å². The summed E-state index contributed by atoms with van der Waals surface area (Å²) in [7, 11) is -3.76. The molecule has 7 heteroatoms. The second kappa shape index (κ2) is 10.4. The van der Waals surface area contributed by atoms with Gasteiger partial charge in [-0.25, -0.2) is 8.42 Å². The van der Waals surface area contributed by atoms with E-state index in [-0.39, 0.29) is 10.8 Å². The molecule has 0 unspecified atom stereocenters. The number of hydrogen-bond acceptors (Lipinski definition) is 4. The first kappa shape index (κ1) is 24.0. The van der Waals surface area contributed by atoms with Crippen LogP contribution in [-0.4, -0.2) is 14.3 Å². The van der Waals surface area contributed by atoms with E-state index in [1.165, 1.54) is 12.1 Å². The molecule has 0 atom stereocenters. The van der Waals surface area contributed by atoms with Crippen LogP contribution in [0.15, 0.2) is 102 Å². The van der Waals surface area contributed by atoms with E-state index in [9.17, 15) is 13.2 Å². The van der Waals surface area contributed by atoms with Gasteiger partial charge in [0.2, 0.25) is 0 Å². The summed E-state index contributed by atoms with van der Waals surface area (Å²) in [6.45, 7) is 4.11. The number of ether oxygens (including phenoxy) is 1. The molecule has 0 aromatic heterocycles. The molecule has 0 aliphatic heterocycles. The number of anilines is 2. The highest BCUT2D eigenvalue weighted by Crippen LogP contribution is 2.24. The lowest BCUT2D eigenvalue weighted by molar-refractivity contribution is 0.102. The van der Waals surface area contributed by atoms with Crippen molar-refractivity contribution in [2.24, 2.45) is 0 Å². The van der Waals surface area contributed by atoms with Crippen molar-refractivity contribution < 1.29 is 17.9 Å². The minimum absolute atomic E-state index is 0.112. The second-order valence-corrected chi connectivity index (χ2v) is 9.83. The lowest BCUT2D eigenvalue weighted by Gasteiger charge is -2.13. The summed E-state index contributed by atoms with van der Waals surface area (Å²) in [6, 6.07) is 28.3.